The average Bonchev–Trinajstić information content (AvgIpc) is 0.811. The summed E-state index contributed by atoms with van der Waals surface area (Å²) in [7, 11) is 0. The number of carboxylic acid groups (broad SMARTS) is 2. The van der Waals surface area contributed by atoms with Crippen molar-refractivity contribution in [2.75, 3.05) is 0 Å². The monoisotopic (exact) mass is 144 g/mol. The van der Waals surface area contributed by atoms with Gasteiger partial charge in [0, 0.05) is 0 Å². The van der Waals surface area contributed by atoms with Gasteiger partial charge >= 0.3 is 103 Å². The molecule has 0 rings (SSSR count). The summed E-state index contributed by atoms with van der Waals surface area (Å²) in [5, 5.41) is 16.7. The van der Waals surface area contributed by atoms with Crippen molar-refractivity contribution in [1.29, 1.82) is 0 Å². The van der Waals surface area contributed by atoms with E-state index in [9.17, 15) is 0 Å². The maximum absolute atomic E-state index is 8.33. The van der Waals surface area contributed by atoms with Crippen LogP contribution in [0.5, 0.6) is 0 Å². The van der Waals surface area contributed by atoms with Gasteiger partial charge in [-0.3, -0.25) is 0 Å². The molecular formula is CK2O3. The predicted molar refractivity (Wildman–Crippen MR) is 5.40 cm³/mol. The summed E-state index contributed by atoms with van der Waals surface area (Å²) in [6.07, 6.45) is -2.33. The van der Waals surface area contributed by atoms with Gasteiger partial charge in [0.25, 0.3) is 0 Å². The van der Waals surface area contributed by atoms with Crippen molar-refractivity contribution in [3.8, 4) is 0 Å². The van der Waals surface area contributed by atoms with Crippen LogP contribution < -0.4 is 113 Å². The number of carbonyl (C=O) groups is 1. The van der Waals surface area contributed by atoms with Crippen molar-refractivity contribution < 1.29 is 118 Å². The van der Waals surface area contributed by atoms with Gasteiger partial charge in [-0.15, -0.1) is 0 Å². The van der Waals surface area contributed by atoms with Gasteiger partial charge in [0.15, 0.2) is 0 Å². The number of rotatable bonds is 0. The first kappa shape index (κ1) is 15.8. The van der Waals surface area contributed by atoms with Crippen LogP contribution in [0.15, 0.2) is 0 Å². The Bertz CT molecular complexity index is 31.8. The molecule has 0 bridgehead atoms. The zero-order valence-electron chi connectivity index (χ0n) is 3.72. The maximum atomic E-state index is 8.33. The average molecular weight is 144 g/mol. The van der Waals surface area contributed by atoms with Crippen LogP contribution in [0.3, 0.4) is 0 Å². The normalized spacial score (nSPS) is 4.00. The molecule has 0 aliphatic rings. The fourth-order valence-corrected chi connectivity index (χ4v) is 0. The number of carbonyl (C=O) groups excluding carboxylic acids is 1. The molecule has 24 valence electrons. The van der Waals surface area contributed by atoms with Crippen molar-refractivity contribution in [2.45, 2.75) is 0 Å². The van der Waals surface area contributed by atoms with E-state index in [0.717, 1.165) is 0 Å². The predicted octanol–water partition coefficient (Wildman–Crippen LogP) is -8.44. The molecule has 3 nitrogen and oxygen atoms in total. The molecule has 0 N–H and O–H groups in total. The van der Waals surface area contributed by atoms with E-state index in [1.807, 2.05) is 0 Å². The molecule has 0 amide bonds. The third-order valence-electron chi connectivity index (χ3n) is 0. The Morgan fingerprint density at radius 2 is 1.17 bits per heavy atom. The molecule has 6 heavy (non-hydrogen) atoms. The number of hydrogen-bond acceptors (Lipinski definition) is 3. The van der Waals surface area contributed by atoms with Crippen LogP contribution >= 0.6 is 0 Å². The van der Waals surface area contributed by atoms with E-state index in [4.69, 9.17) is 15.0 Å². The van der Waals surface area contributed by atoms with Crippen molar-refractivity contribution in [2.24, 2.45) is 0 Å². The van der Waals surface area contributed by atoms with Crippen LogP contribution in [-0.4, -0.2) is 6.16 Å². The quantitative estimate of drug-likeness (QED) is 0.250. The van der Waals surface area contributed by atoms with Gasteiger partial charge in [-0.2, -0.15) is 0 Å². The molecule has 0 aliphatic carbocycles. The topological polar surface area (TPSA) is 63.2 Å². The molecule has 0 atom stereocenters. The van der Waals surface area contributed by atoms with Gasteiger partial charge in [0.05, 0.1) is 0 Å². The van der Waals surface area contributed by atoms with Gasteiger partial charge in [0.1, 0.15) is 0 Å². The van der Waals surface area contributed by atoms with Gasteiger partial charge in [-0.05, 0) is 6.16 Å². The molecule has 5 heteroatoms. The van der Waals surface area contributed by atoms with E-state index in [1.54, 1.807) is 0 Å². The fraction of sp³-hybridized carbons (Fsp3) is 0. The van der Waals surface area contributed by atoms with E-state index < -0.39 is 6.16 Å². The first-order valence-corrected chi connectivity index (χ1v) is 0.612. The van der Waals surface area contributed by atoms with E-state index in [2.05, 4.69) is 0 Å². The molecule has 0 radical (unpaired) electrons. The minimum absolute atomic E-state index is 0. The summed E-state index contributed by atoms with van der Waals surface area (Å²) >= 11 is 0. The summed E-state index contributed by atoms with van der Waals surface area (Å²) in [4.78, 5) is 8.33. The second kappa shape index (κ2) is 10.5. The molecule has 0 saturated heterocycles. The first-order chi connectivity index (χ1) is 1.73. The van der Waals surface area contributed by atoms with Crippen LogP contribution in [0.2, 0.25) is 0 Å². The van der Waals surface area contributed by atoms with Crippen molar-refractivity contribution in [1.82, 2.24) is 0 Å². The molecule has 0 spiro atoms. The van der Waals surface area contributed by atoms with Crippen LogP contribution in [0.4, 0.5) is 4.79 Å². The minimum atomic E-state index is -2.33. The minimum Gasteiger partial charge on any atom is -0.652 e. The Labute approximate surface area is 120 Å². The summed E-state index contributed by atoms with van der Waals surface area (Å²) in [5.41, 5.74) is 0. The Morgan fingerprint density at radius 1 is 1.17 bits per heavy atom. The zero-order valence-corrected chi connectivity index (χ0v) is 9.97. The van der Waals surface area contributed by atoms with Crippen molar-refractivity contribution >= 4 is 6.16 Å². The van der Waals surface area contributed by atoms with E-state index >= 15 is 0 Å². The van der Waals surface area contributed by atoms with Gasteiger partial charge in [0.2, 0.25) is 0 Å². The van der Waals surface area contributed by atoms with Gasteiger partial charge in [-0.25, -0.2) is 0 Å². The molecule has 0 fully saturated rings. The second-order valence-corrected chi connectivity index (χ2v) is 0.250. The Kier molecular flexibility index (Phi) is 27.7. The van der Waals surface area contributed by atoms with Crippen LogP contribution in [0.1, 0.15) is 0 Å². The second-order valence-electron chi connectivity index (χ2n) is 0.250. The molecule has 0 aromatic carbocycles. The molecule has 0 saturated carbocycles. The summed E-state index contributed by atoms with van der Waals surface area (Å²) in [5.74, 6) is 0. The summed E-state index contributed by atoms with van der Waals surface area (Å²) in [6.45, 7) is 0. The molecule has 0 heterocycles. The van der Waals surface area contributed by atoms with Crippen molar-refractivity contribution in [3.63, 3.8) is 0 Å². The van der Waals surface area contributed by atoms with Crippen LogP contribution in [-0.2, 0) is 0 Å². The van der Waals surface area contributed by atoms with Crippen molar-refractivity contribution in [3.05, 3.63) is 0 Å². The van der Waals surface area contributed by atoms with Gasteiger partial charge < -0.3 is 15.0 Å². The number of hydrogen-bond donors (Lipinski definition) is 0. The molecule has 0 aromatic heterocycles. The molecular weight excluding hydrogens is 144 g/mol. The third-order valence-corrected chi connectivity index (χ3v) is 0. The van der Waals surface area contributed by atoms with Gasteiger partial charge in [-0.1, -0.05) is 0 Å². The van der Waals surface area contributed by atoms with E-state index in [0.29, 0.717) is 0 Å². The molecule has 0 unspecified atom stereocenters. The fourth-order valence-electron chi connectivity index (χ4n) is 0. The summed E-state index contributed by atoms with van der Waals surface area (Å²) in [6, 6.07) is 0. The Balaban J connectivity index is -0.0000000450. The maximum Gasteiger partial charge on any atom is 1.00 e. The standard InChI is InChI=1S/CH2O3.2K/c2-1(3)4;;/h(H2,2,3,4);;/q;2*+1/p-2/i2+2,3+2,4+2;;. The SMILES string of the molecule is [18O]=C([18O-])[18O-].[K+].[K+]. The first-order valence-electron chi connectivity index (χ1n) is 0.612. The van der Waals surface area contributed by atoms with E-state index in [-0.39, 0.29) is 103 Å². The van der Waals surface area contributed by atoms with Crippen LogP contribution in [0, 0.1) is 0 Å². The zero-order chi connectivity index (χ0) is 3.58. The Hall–Kier alpha value is 2.54. The smallest absolute Gasteiger partial charge is 0.652 e. The third kappa shape index (κ3) is 31.1. The van der Waals surface area contributed by atoms with Crippen LogP contribution in [0.25, 0.3) is 0 Å². The largest absolute Gasteiger partial charge is 1.00 e. The van der Waals surface area contributed by atoms with E-state index in [1.165, 1.54) is 0 Å². The molecule has 0 aromatic rings. The summed E-state index contributed by atoms with van der Waals surface area (Å²) < 4.78 is 0. The Morgan fingerprint density at radius 3 is 1.17 bits per heavy atom. The molecule has 0 aliphatic heterocycles.